The first-order valence-corrected chi connectivity index (χ1v) is 21.6. The summed E-state index contributed by atoms with van der Waals surface area (Å²) in [7, 11) is -1.92. The minimum Gasteiger partial charge on any atom is -0.744 e. The van der Waals surface area contributed by atoms with E-state index < -0.39 is 26.2 Å². The molecule has 0 fully saturated rings. The smallest absolute Gasteiger partial charge is 0.320 e. The van der Waals surface area contributed by atoms with Gasteiger partial charge in [-0.2, -0.15) is 4.58 Å². The van der Waals surface area contributed by atoms with Crippen molar-refractivity contribution in [3.63, 3.8) is 0 Å². The third-order valence-electron chi connectivity index (χ3n) is 9.95. The molecule has 282 valence electrons. The van der Waals surface area contributed by atoms with Crippen molar-refractivity contribution in [3.8, 4) is 0 Å². The molecule has 0 radical (unpaired) electrons. The Labute approximate surface area is 321 Å². The van der Waals surface area contributed by atoms with Crippen LogP contribution in [0.5, 0.6) is 0 Å². The van der Waals surface area contributed by atoms with E-state index >= 15 is 0 Å². The van der Waals surface area contributed by atoms with Crippen molar-refractivity contribution in [2.75, 3.05) is 23.7 Å². The average Bonchev–Trinajstić information content (AvgIpc) is 3.46. The van der Waals surface area contributed by atoms with Crippen LogP contribution in [-0.4, -0.2) is 63.8 Å². The second kappa shape index (κ2) is 16.3. The zero-order valence-corrected chi connectivity index (χ0v) is 33.7. The van der Waals surface area contributed by atoms with E-state index in [9.17, 15) is 27.7 Å². The van der Waals surface area contributed by atoms with Crippen LogP contribution in [0.4, 0.5) is 17.1 Å². The topological polar surface area (TPSA) is 130 Å². The number of benzene rings is 3. The molecule has 3 aromatic rings. The lowest BCUT2D eigenvalue weighted by atomic mass is 9.81. The molecular formula is C41H49N3O6S3. The van der Waals surface area contributed by atoms with Gasteiger partial charge in [0.15, 0.2) is 5.71 Å². The Kier molecular flexibility index (Phi) is 12.4. The van der Waals surface area contributed by atoms with Crippen LogP contribution in [0.3, 0.4) is 0 Å². The van der Waals surface area contributed by atoms with E-state index in [4.69, 9.17) is 0 Å². The highest BCUT2D eigenvalue weighted by Gasteiger charge is 2.45. The molecular weight excluding hydrogens is 727 g/mol. The van der Waals surface area contributed by atoms with Crippen LogP contribution < -0.4 is 10.2 Å². The number of carboxylic acid groups (broad SMARTS) is 1. The van der Waals surface area contributed by atoms with Gasteiger partial charge in [0.1, 0.15) is 21.4 Å². The number of carboxylic acids is 1. The van der Waals surface area contributed by atoms with E-state index in [-0.39, 0.29) is 16.2 Å². The first kappa shape index (κ1) is 40.3. The van der Waals surface area contributed by atoms with Gasteiger partial charge < -0.3 is 19.9 Å². The number of unbranched alkanes of at least 4 members (excludes halogenated alkanes) is 2. The molecule has 0 saturated carbocycles. The lowest BCUT2D eigenvalue weighted by Crippen LogP contribution is -2.28. The molecule has 0 bridgehead atoms. The Morgan fingerprint density at radius 2 is 1.64 bits per heavy atom. The molecule has 9 nitrogen and oxygen atoms in total. The predicted molar refractivity (Wildman–Crippen MR) is 216 cm³/mol. The van der Waals surface area contributed by atoms with Gasteiger partial charge in [-0.25, -0.2) is 8.42 Å². The number of hydrogen-bond acceptors (Lipinski definition) is 8. The quantitative estimate of drug-likeness (QED) is 0.0637. The van der Waals surface area contributed by atoms with E-state index in [0.29, 0.717) is 31.7 Å². The Hall–Kier alpha value is -3.84. The molecule has 0 unspecified atom stereocenters. The highest BCUT2D eigenvalue weighted by molar-refractivity contribution is 8.77. The molecule has 1 amide bonds. The molecule has 0 atom stereocenters. The number of aliphatic carboxylic acids is 1. The standard InChI is InChI=1S/C41H49N3O6S3/c1-39(2)31-18-12-13-19-34(31)44(29-16-9-7-10-17-29)36(39)21-15-20-35-40(3,4)32-28-30(53(48,49)50)23-24-33(32)43(35)26-14-8-11-22-37(45)42-25-27-51-52-41(5,6)38(46)47/h7,9-10,12-13,15-21,23-24,28H,8,11,14,22,25-27H2,1-6H3,(H2-,42,45,46,47,48,49,50). The van der Waals surface area contributed by atoms with Gasteiger partial charge in [-0.1, -0.05) is 77.9 Å². The van der Waals surface area contributed by atoms with E-state index in [1.54, 1.807) is 19.9 Å². The molecule has 12 heteroatoms. The SMILES string of the molecule is CC(C)(SSCCNC(=O)CCCCC[N+]1=C(/C=C/C=C2/N(c3ccccc3)c3ccccc3C2(C)C)C(C)(C)c2cc(S(=O)(=O)[O-])ccc21)C(=O)O. The zero-order valence-electron chi connectivity index (χ0n) is 31.2. The number of nitrogens with zero attached hydrogens (tertiary/aromatic N) is 2. The Balaban J connectivity index is 1.33. The maximum absolute atomic E-state index is 12.5. The third kappa shape index (κ3) is 8.94. The summed E-state index contributed by atoms with van der Waals surface area (Å²) >= 11 is 0. The van der Waals surface area contributed by atoms with Crippen LogP contribution in [0, 0.1) is 0 Å². The van der Waals surface area contributed by atoms with Crippen molar-refractivity contribution >= 4 is 66.4 Å². The van der Waals surface area contributed by atoms with Crippen LogP contribution in [-0.2, 0) is 30.5 Å². The maximum atomic E-state index is 12.5. The minimum atomic E-state index is -4.64. The van der Waals surface area contributed by atoms with Gasteiger partial charge in [0, 0.05) is 65.3 Å². The van der Waals surface area contributed by atoms with Crippen LogP contribution in [0.1, 0.15) is 78.4 Å². The van der Waals surface area contributed by atoms with Crippen LogP contribution >= 0.6 is 21.6 Å². The third-order valence-corrected chi connectivity index (χ3v) is 14.0. The fourth-order valence-electron chi connectivity index (χ4n) is 6.94. The normalized spacial score (nSPS) is 17.0. The number of anilines is 2. The molecule has 0 spiro atoms. The summed E-state index contributed by atoms with van der Waals surface area (Å²) in [6.07, 6.45) is 9.04. The van der Waals surface area contributed by atoms with Gasteiger partial charge in [-0.15, -0.1) is 0 Å². The average molecular weight is 776 g/mol. The first-order valence-electron chi connectivity index (χ1n) is 17.9. The lowest BCUT2D eigenvalue weighted by Gasteiger charge is -2.27. The monoisotopic (exact) mass is 775 g/mol. The molecule has 2 heterocycles. The Bertz CT molecular complexity index is 2050. The van der Waals surface area contributed by atoms with Gasteiger partial charge >= 0.3 is 5.97 Å². The highest BCUT2D eigenvalue weighted by Crippen LogP contribution is 2.51. The van der Waals surface area contributed by atoms with Crippen molar-refractivity contribution in [1.29, 1.82) is 0 Å². The summed E-state index contributed by atoms with van der Waals surface area (Å²) in [4.78, 5) is 25.8. The van der Waals surface area contributed by atoms with Crippen molar-refractivity contribution in [2.45, 2.75) is 87.7 Å². The van der Waals surface area contributed by atoms with E-state index in [1.807, 2.05) is 18.2 Å². The fourth-order valence-corrected chi connectivity index (χ4v) is 9.67. The van der Waals surface area contributed by atoms with E-state index in [2.05, 4.69) is 97.1 Å². The van der Waals surface area contributed by atoms with E-state index in [0.717, 1.165) is 46.9 Å². The van der Waals surface area contributed by atoms with Crippen LogP contribution in [0.2, 0.25) is 0 Å². The summed E-state index contributed by atoms with van der Waals surface area (Å²) in [6, 6.07) is 23.4. The van der Waals surface area contributed by atoms with Gasteiger partial charge in [0.05, 0.1) is 10.3 Å². The molecule has 0 aromatic heterocycles. The number of hydrogen-bond donors (Lipinski definition) is 2. The fraction of sp³-hybridized carbons (Fsp3) is 0.390. The number of nitrogens with one attached hydrogen (secondary N) is 1. The molecule has 5 rings (SSSR count). The molecule has 2 N–H and O–H groups in total. The van der Waals surface area contributed by atoms with Gasteiger partial charge in [0.2, 0.25) is 11.6 Å². The highest BCUT2D eigenvalue weighted by atomic mass is 33.1. The summed E-state index contributed by atoms with van der Waals surface area (Å²) in [5, 5.41) is 12.2. The lowest BCUT2D eigenvalue weighted by molar-refractivity contribution is -0.438. The second-order valence-electron chi connectivity index (χ2n) is 14.9. The number of fused-ring (bicyclic) bond motifs is 2. The number of allylic oxidation sites excluding steroid dienone is 4. The summed E-state index contributed by atoms with van der Waals surface area (Å²) in [5.74, 6) is -0.283. The van der Waals surface area contributed by atoms with E-state index in [1.165, 1.54) is 39.3 Å². The number of carbonyl (C=O) groups excluding carboxylic acids is 1. The first-order chi connectivity index (χ1) is 25.0. The number of para-hydroxylation sites is 2. The minimum absolute atomic E-state index is 0.0307. The van der Waals surface area contributed by atoms with Crippen LogP contribution in [0.25, 0.3) is 0 Å². The summed E-state index contributed by atoms with van der Waals surface area (Å²) in [5.41, 5.74) is 6.36. The van der Waals surface area contributed by atoms with Crippen molar-refractivity contribution in [1.82, 2.24) is 5.32 Å². The van der Waals surface area contributed by atoms with Crippen molar-refractivity contribution in [3.05, 3.63) is 108 Å². The zero-order chi connectivity index (χ0) is 38.6. The van der Waals surface area contributed by atoms with Crippen molar-refractivity contribution in [2.24, 2.45) is 0 Å². The number of carbonyl (C=O) groups is 2. The second-order valence-corrected chi connectivity index (χ2v) is 19.3. The predicted octanol–water partition coefficient (Wildman–Crippen LogP) is 8.46. The number of amides is 1. The molecule has 0 saturated heterocycles. The summed E-state index contributed by atoms with van der Waals surface area (Å²) in [6.45, 7) is 13.0. The van der Waals surface area contributed by atoms with Crippen LogP contribution in [0.15, 0.2) is 102 Å². The van der Waals surface area contributed by atoms with Crippen molar-refractivity contribution < 1.29 is 32.2 Å². The summed E-state index contributed by atoms with van der Waals surface area (Å²) < 4.78 is 37.4. The maximum Gasteiger partial charge on any atom is 0.320 e. The van der Waals surface area contributed by atoms with Gasteiger partial charge in [-0.3, -0.25) is 9.59 Å². The molecule has 2 aliphatic heterocycles. The van der Waals surface area contributed by atoms with Gasteiger partial charge in [0.25, 0.3) is 0 Å². The molecule has 53 heavy (non-hydrogen) atoms. The molecule has 3 aromatic carbocycles. The molecule has 0 aliphatic carbocycles. The molecule has 2 aliphatic rings. The number of rotatable bonds is 16. The Morgan fingerprint density at radius 1 is 0.943 bits per heavy atom. The van der Waals surface area contributed by atoms with Gasteiger partial charge in [-0.05, 0) is 82.5 Å². The Morgan fingerprint density at radius 3 is 2.34 bits per heavy atom. The largest absolute Gasteiger partial charge is 0.744 e.